The number of aromatic amines is 1. The Labute approximate surface area is 107 Å². The molecule has 0 atom stereocenters. The lowest BCUT2D eigenvalue weighted by molar-refractivity contribution is 1.33. The van der Waals surface area contributed by atoms with Crippen LogP contribution in [0.5, 0.6) is 0 Å². The zero-order valence-corrected chi connectivity index (χ0v) is 10.6. The van der Waals surface area contributed by atoms with Crippen LogP contribution in [0.2, 0.25) is 0 Å². The average Bonchev–Trinajstić information content (AvgIpc) is 2.66. The molecular weight excluding hydrogens is 311 g/mol. The SMILES string of the molecule is Ic1[nH]c2cnccc2c1-c1ccccc1. The molecule has 0 saturated carbocycles. The number of aromatic nitrogens is 2. The van der Waals surface area contributed by atoms with Crippen molar-refractivity contribution >= 4 is 33.5 Å². The Morgan fingerprint density at radius 1 is 1.06 bits per heavy atom. The van der Waals surface area contributed by atoms with Gasteiger partial charge in [0, 0.05) is 17.1 Å². The van der Waals surface area contributed by atoms with Crippen LogP contribution < -0.4 is 0 Å². The molecule has 2 aromatic heterocycles. The highest BCUT2D eigenvalue weighted by molar-refractivity contribution is 14.1. The van der Waals surface area contributed by atoms with E-state index in [0.29, 0.717) is 0 Å². The van der Waals surface area contributed by atoms with Gasteiger partial charge in [0.05, 0.1) is 15.4 Å². The Hall–Kier alpha value is -1.36. The second kappa shape index (κ2) is 3.90. The Balaban J connectivity index is 2.35. The molecule has 0 amide bonds. The summed E-state index contributed by atoms with van der Waals surface area (Å²) in [5, 5.41) is 1.23. The molecule has 0 aliphatic carbocycles. The van der Waals surface area contributed by atoms with Crippen molar-refractivity contribution in [3.05, 3.63) is 52.5 Å². The first kappa shape index (κ1) is 9.84. The van der Waals surface area contributed by atoms with Crippen molar-refractivity contribution < 1.29 is 0 Å². The normalized spacial score (nSPS) is 10.8. The van der Waals surface area contributed by atoms with E-state index in [0.717, 1.165) is 9.22 Å². The highest BCUT2D eigenvalue weighted by Gasteiger charge is 2.10. The summed E-state index contributed by atoms with van der Waals surface area (Å²) in [5.74, 6) is 0. The largest absolute Gasteiger partial charge is 0.348 e. The number of hydrogen-bond donors (Lipinski definition) is 1. The van der Waals surface area contributed by atoms with E-state index in [1.54, 1.807) is 0 Å². The summed E-state index contributed by atoms with van der Waals surface area (Å²) in [6.45, 7) is 0. The van der Waals surface area contributed by atoms with E-state index in [4.69, 9.17) is 0 Å². The van der Waals surface area contributed by atoms with Crippen molar-refractivity contribution in [2.24, 2.45) is 0 Å². The van der Waals surface area contributed by atoms with Crippen molar-refractivity contribution in [1.29, 1.82) is 0 Å². The molecule has 3 aromatic rings. The van der Waals surface area contributed by atoms with Gasteiger partial charge in [-0.2, -0.15) is 0 Å². The molecule has 0 unspecified atom stereocenters. The van der Waals surface area contributed by atoms with Gasteiger partial charge in [-0.1, -0.05) is 30.3 Å². The minimum absolute atomic E-state index is 1.09. The molecule has 2 heterocycles. The Morgan fingerprint density at radius 2 is 1.88 bits per heavy atom. The summed E-state index contributed by atoms with van der Waals surface area (Å²) >= 11 is 2.33. The maximum atomic E-state index is 4.13. The third-order valence-corrected chi connectivity index (χ3v) is 3.43. The number of fused-ring (bicyclic) bond motifs is 1. The molecular formula is C13H9IN2. The van der Waals surface area contributed by atoms with E-state index in [9.17, 15) is 0 Å². The van der Waals surface area contributed by atoms with Crippen molar-refractivity contribution in [2.75, 3.05) is 0 Å². The fourth-order valence-electron chi connectivity index (χ4n) is 1.90. The Bertz CT molecular complexity index is 629. The summed E-state index contributed by atoms with van der Waals surface area (Å²) in [4.78, 5) is 7.48. The molecule has 0 aliphatic rings. The van der Waals surface area contributed by atoms with Crippen LogP contribution in [0.1, 0.15) is 0 Å². The fourth-order valence-corrected chi connectivity index (χ4v) is 2.79. The summed E-state index contributed by atoms with van der Waals surface area (Å²) in [6.07, 6.45) is 3.70. The Morgan fingerprint density at radius 3 is 2.69 bits per heavy atom. The number of nitrogens with one attached hydrogen (secondary N) is 1. The van der Waals surface area contributed by atoms with E-state index in [2.05, 4.69) is 62.9 Å². The molecule has 0 radical (unpaired) electrons. The zero-order valence-electron chi connectivity index (χ0n) is 8.44. The lowest BCUT2D eigenvalue weighted by Crippen LogP contribution is -1.77. The fraction of sp³-hybridized carbons (Fsp3) is 0. The summed E-state index contributed by atoms with van der Waals surface area (Å²) < 4.78 is 1.16. The first-order chi connectivity index (χ1) is 7.86. The van der Waals surface area contributed by atoms with Crippen LogP contribution >= 0.6 is 22.6 Å². The quantitative estimate of drug-likeness (QED) is 0.678. The van der Waals surface area contributed by atoms with Crippen LogP contribution in [0, 0.1) is 3.70 Å². The molecule has 3 rings (SSSR count). The number of rotatable bonds is 1. The van der Waals surface area contributed by atoms with Gasteiger partial charge >= 0.3 is 0 Å². The minimum atomic E-state index is 1.09. The van der Waals surface area contributed by atoms with E-state index in [-0.39, 0.29) is 0 Å². The number of halogens is 1. The van der Waals surface area contributed by atoms with Crippen LogP contribution in [-0.4, -0.2) is 9.97 Å². The summed E-state index contributed by atoms with van der Waals surface area (Å²) in [7, 11) is 0. The smallest absolute Gasteiger partial charge is 0.0862 e. The van der Waals surface area contributed by atoms with Crippen molar-refractivity contribution in [2.45, 2.75) is 0 Å². The van der Waals surface area contributed by atoms with Crippen LogP contribution in [0.4, 0.5) is 0 Å². The van der Waals surface area contributed by atoms with Crippen LogP contribution in [0.3, 0.4) is 0 Å². The van der Waals surface area contributed by atoms with Gasteiger partial charge in [-0.15, -0.1) is 0 Å². The van der Waals surface area contributed by atoms with Crippen molar-refractivity contribution in [3.63, 3.8) is 0 Å². The van der Waals surface area contributed by atoms with Crippen LogP contribution in [0.25, 0.3) is 22.0 Å². The van der Waals surface area contributed by atoms with Gasteiger partial charge < -0.3 is 4.98 Å². The van der Waals surface area contributed by atoms with Crippen LogP contribution in [-0.2, 0) is 0 Å². The minimum Gasteiger partial charge on any atom is -0.348 e. The van der Waals surface area contributed by atoms with Gasteiger partial charge in [0.2, 0.25) is 0 Å². The van der Waals surface area contributed by atoms with E-state index >= 15 is 0 Å². The maximum Gasteiger partial charge on any atom is 0.0862 e. The highest BCUT2D eigenvalue weighted by Crippen LogP contribution is 2.32. The Kier molecular flexibility index (Phi) is 2.40. The standard InChI is InChI=1S/C13H9IN2/c14-13-12(9-4-2-1-3-5-9)10-6-7-15-8-11(10)16-13/h1-8,16H. The molecule has 1 aromatic carbocycles. The monoisotopic (exact) mass is 320 g/mol. The lowest BCUT2D eigenvalue weighted by Gasteiger charge is -1.99. The van der Waals surface area contributed by atoms with Gasteiger partial charge in [0.25, 0.3) is 0 Å². The maximum absolute atomic E-state index is 4.13. The predicted octanol–water partition coefficient (Wildman–Crippen LogP) is 3.83. The first-order valence-electron chi connectivity index (χ1n) is 5.03. The highest BCUT2D eigenvalue weighted by atomic mass is 127. The van der Waals surface area contributed by atoms with E-state index in [1.165, 1.54) is 16.5 Å². The van der Waals surface area contributed by atoms with Gasteiger partial charge in [0.1, 0.15) is 0 Å². The third-order valence-electron chi connectivity index (χ3n) is 2.62. The first-order valence-corrected chi connectivity index (χ1v) is 6.11. The average molecular weight is 320 g/mol. The summed E-state index contributed by atoms with van der Waals surface area (Å²) in [6, 6.07) is 12.5. The van der Waals surface area contributed by atoms with E-state index in [1.807, 2.05) is 18.5 Å². The van der Waals surface area contributed by atoms with Gasteiger partial charge in [0.15, 0.2) is 0 Å². The van der Waals surface area contributed by atoms with Crippen molar-refractivity contribution in [1.82, 2.24) is 9.97 Å². The third kappa shape index (κ3) is 1.51. The number of benzene rings is 1. The number of H-pyrrole nitrogens is 1. The molecule has 2 nitrogen and oxygen atoms in total. The molecule has 0 saturated heterocycles. The number of pyridine rings is 1. The second-order valence-electron chi connectivity index (χ2n) is 3.60. The molecule has 0 aliphatic heterocycles. The van der Waals surface area contributed by atoms with Crippen LogP contribution in [0.15, 0.2) is 48.8 Å². The number of hydrogen-bond acceptors (Lipinski definition) is 1. The van der Waals surface area contributed by atoms with E-state index < -0.39 is 0 Å². The molecule has 0 spiro atoms. The van der Waals surface area contributed by atoms with Gasteiger partial charge in [-0.25, -0.2) is 0 Å². The topological polar surface area (TPSA) is 28.7 Å². The van der Waals surface area contributed by atoms with Crippen molar-refractivity contribution in [3.8, 4) is 11.1 Å². The lowest BCUT2D eigenvalue weighted by atomic mass is 10.1. The zero-order chi connectivity index (χ0) is 11.0. The summed E-state index contributed by atoms with van der Waals surface area (Å²) in [5.41, 5.74) is 3.59. The molecule has 3 heteroatoms. The van der Waals surface area contributed by atoms with Gasteiger partial charge in [-0.3, -0.25) is 4.98 Å². The second-order valence-corrected chi connectivity index (χ2v) is 4.68. The molecule has 0 fully saturated rings. The molecule has 1 N–H and O–H groups in total. The van der Waals surface area contributed by atoms with Gasteiger partial charge in [-0.05, 0) is 34.2 Å². The number of nitrogens with zero attached hydrogens (tertiary/aromatic N) is 1. The molecule has 78 valence electrons. The predicted molar refractivity (Wildman–Crippen MR) is 74.2 cm³/mol. The molecule has 0 bridgehead atoms. The molecule has 16 heavy (non-hydrogen) atoms.